The van der Waals surface area contributed by atoms with E-state index in [0.717, 1.165) is 0 Å². The fourth-order valence-corrected chi connectivity index (χ4v) is 2.89. The van der Waals surface area contributed by atoms with Gasteiger partial charge in [-0.3, -0.25) is 4.79 Å². The summed E-state index contributed by atoms with van der Waals surface area (Å²) in [5, 5.41) is 12.0. The van der Waals surface area contributed by atoms with Crippen molar-refractivity contribution < 1.29 is 18.7 Å². The average molecular weight is 300 g/mol. The summed E-state index contributed by atoms with van der Waals surface area (Å²) in [7, 11) is 0. The molecule has 1 heterocycles. The molecule has 100 valence electrons. The molecule has 0 fully saturated rings. The highest BCUT2D eigenvalue weighted by Gasteiger charge is 2.29. The van der Waals surface area contributed by atoms with Gasteiger partial charge in [-0.05, 0) is 46.3 Å². The van der Waals surface area contributed by atoms with E-state index in [1.807, 2.05) is 0 Å². The molecule has 2 rings (SSSR count). The maximum absolute atomic E-state index is 13.8. The van der Waals surface area contributed by atoms with Crippen LogP contribution in [0.3, 0.4) is 0 Å². The molecule has 0 bridgehead atoms. The fraction of sp³-hybridized carbons (Fsp3) is 0.154. The molecule has 2 atom stereocenters. The van der Waals surface area contributed by atoms with Gasteiger partial charge in [0.15, 0.2) is 6.17 Å². The van der Waals surface area contributed by atoms with Crippen molar-refractivity contribution in [2.24, 2.45) is 0 Å². The summed E-state index contributed by atoms with van der Waals surface area (Å²) in [5.41, 5.74) is 0.347. The van der Waals surface area contributed by atoms with Crippen LogP contribution in [0, 0.1) is 5.82 Å². The molecule has 6 heteroatoms. The average Bonchev–Trinajstić information content (AvgIpc) is 2.93. The van der Waals surface area contributed by atoms with Gasteiger partial charge in [0.1, 0.15) is 11.9 Å². The van der Waals surface area contributed by atoms with Crippen molar-refractivity contribution in [3.05, 3.63) is 52.5 Å². The van der Waals surface area contributed by atoms with Gasteiger partial charge in [0.25, 0.3) is 0 Å². The number of alkyl halides is 1. The van der Waals surface area contributed by atoms with E-state index in [9.17, 15) is 18.7 Å². The number of hydrogen-bond donors (Lipinski definition) is 1. The minimum Gasteiger partial charge on any atom is -0.385 e. The second kappa shape index (κ2) is 6.27. The number of aliphatic hydroxyl groups is 1. The summed E-state index contributed by atoms with van der Waals surface area (Å²) >= 11 is 1.76. The van der Waals surface area contributed by atoms with Crippen molar-refractivity contribution in [3.63, 3.8) is 0 Å². The number of hydrogen-bond acceptors (Lipinski definition) is 4. The highest BCUT2D eigenvalue weighted by molar-refractivity contribution is 8.13. The summed E-state index contributed by atoms with van der Waals surface area (Å²) < 4.78 is 27.2. The van der Waals surface area contributed by atoms with Crippen molar-refractivity contribution >= 4 is 28.2 Å². The van der Waals surface area contributed by atoms with Gasteiger partial charge in [-0.2, -0.15) is 11.3 Å². The van der Waals surface area contributed by atoms with E-state index in [0.29, 0.717) is 17.3 Å². The number of halogens is 2. The zero-order valence-electron chi connectivity index (χ0n) is 9.62. The zero-order chi connectivity index (χ0) is 13.8. The Bertz CT molecular complexity index is 558. The maximum Gasteiger partial charge on any atom is 0.230 e. The first-order valence-electron chi connectivity index (χ1n) is 5.40. The molecule has 1 aromatic heterocycles. The SMILES string of the molecule is O=C(Sc1ccccc1F)[C@@H](F)[C@@H](O)c1ccsc1. The Kier molecular flexibility index (Phi) is 4.68. The van der Waals surface area contributed by atoms with E-state index in [4.69, 9.17) is 0 Å². The van der Waals surface area contributed by atoms with Gasteiger partial charge < -0.3 is 5.11 Å². The van der Waals surface area contributed by atoms with Gasteiger partial charge in [0, 0.05) is 0 Å². The van der Waals surface area contributed by atoms with Crippen molar-refractivity contribution in [3.8, 4) is 0 Å². The Morgan fingerprint density at radius 2 is 2.05 bits per heavy atom. The third-order valence-corrected chi connectivity index (χ3v) is 4.11. The van der Waals surface area contributed by atoms with Crippen LogP contribution in [0.25, 0.3) is 0 Å². The van der Waals surface area contributed by atoms with Crippen LogP contribution in [0.5, 0.6) is 0 Å². The van der Waals surface area contributed by atoms with Crippen molar-refractivity contribution in [2.45, 2.75) is 17.2 Å². The highest BCUT2D eigenvalue weighted by Crippen LogP contribution is 2.29. The molecule has 0 aliphatic carbocycles. The summed E-state index contributed by atoms with van der Waals surface area (Å²) in [6, 6.07) is 7.17. The number of carbonyl (C=O) groups is 1. The van der Waals surface area contributed by atoms with Gasteiger partial charge in [0.2, 0.25) is 5.12 Å². The number of carbonyl (C=O) groups excluding carboxylic acids is 1. The van der Waals surface area contributed by atoms with Gasteiger partial charge in [-0.25, -0.2) is 8.78 Å². The van der Waals surface area contributed by atoms with Crippen molar-refractivity contribution in [2.75, 3.05) is 0 Å². The highest BCUT2D eigenvalue weighted by atomic mass is 32.2. The first-order valence-corrected chi connectivity index (χ1v) is 7.16. The van der Waals surface area contributed by atoms with Crippen LogP contribution in [0.2, 0.25) is 0 Å². The minimum atomic E-state index is -2.08. The Hall–Kier alpha value is -1.24. The Balaban J connectivity index is 2.06. The number of thiophene rings is 1. The normalized spacial score (nSPS) is 14.1. The van der Waals surface area contributed by atoms with Gasteiger partial charge in [0.05, 0.1) is 4.90 Å². The molecule has 2 aromatic rings. The molecule has 0 radical (unpaired) electrons. The van der Waals surface area contributed by atoms with Crippen LogP contribution in [-0.2, 0) is 4.79 Å². The summed E-state index contributed by atoms with van der Waals surface area (Å²) in [6.07, 6.45) is -3.60. The quantitative estimate of drug-likeness (QED) is 0.877. The Labute approximate surface area is 117 Å². The van der Waals surface area contributed by atoms with Crippen molar-refractivity contribution in [1.82, 2.24) is 0 Å². The second-order valence-corrected chi connectivity index (χ2v) is 5.58. The lowest BCUT2D eigenvalue weighted by Gasteiger charge is -2.13. The van der Waals surface area contributed by atoms with Crippen LogP contribution in [0.15, 0.2) is 46.0 Å². The first-order chi connectivity index (χ1) is 9.09. The summed E-state index contributed by atoms with van der Waals surface area (Å²) in [5.74, 6) is -0.585. The molecular weight excluding hydrogens is 290 g/mol. The van der Waals surface area contributed by atoms with E-state index >= 15 is 0 Å². The summed E-state index contributed by atoms with van der Waals surface area (Å²) in [4.78, 5) is 11.7. The molecule has 0 aliphatic rings. The lowest BCUT2D eigenvalue weighted by molar-refractivity contribution is -0.119. The van der Waals surface area contributed by atoms with E-state index in [1.165, 1.54) is 29.5 Å². The van der Waals surface area contributed by atoms with Crippen LogP contribution in [0.4, 0.5) is 8.78 Å². The van der Waals surface area contributed by atoms with Crippen LogP contribution in [-0.4, -0.2) is 16.4 Å². The molecule has 2 nitrogen and oxygen atoms in total. The molecule has 0 aliphatic heterocycles. The number of benzene rings is 1. The number of rotatable bonds is 4. The predicted molar refractivity (Wildman–Crippen MR) is 71.4 cm³/mol. The zero-order valence-corrected chi connectivity index (χ0v) is 11.3. The smallest absolute Gasteiger partial charge is 0.230 e. The minimum absolute atomic E-state index is 0.0488. The van der Waals surface area contributed by atoms with E-state index in [-0.39, 0.29) is 4.90 Å². The molecule has 1 N–H and O–H groups in total. The molecule has 1 aromatic carbocycles. The predicted octanol–water partition coefficient (Wildman–Crippen LogP) is 3.58. The monoisotopic (exact) mass is 300 g/mol. The summed E-state index contributed by atoms with van der Waals surface area (Å²) in [6.45, 7) is 0. The third-order valence-electron chi connectivity index (χ3n) is 2.43. The standard InChI is InChI=1S/C13H10F2O2S2/c14-9-3-1-2-4-10(9)19-13(17)11(15)12(16)8-5-6-18-7-8/h1-7,11-12,16H/t11-,12-/m0/s1. The maximum atomic E-state index is 13.8. The third kappa shape index (κ3) is 3.40. The van der Waals surface area contributed by atoms with E-state index in [1.54, 1.807) is 22.9 Å². The molecule has 0 spiro atoms. The van der Waals surface area contributed by atoms with E-state index in [2.05, 4.69) is 0 Å². The van der Waals surface area contributed by atoms with Crippen LogP contribution >= 0.6 is 23.1 Å². The fourth-order valence-electron chi connectivity index (χ4n) is 1.43. The molecule has 0 unspecified atom stereocenters. The van der Waals surface area contributed by atoms with Crippen LogP contribution < -0.4 is 0 Å². The lowest BCUT2D eigenvalue weighted by atomic mass is 10.1. The topological polar surface area (TPSA) is 37.3 Å². The largest absolute Gasteiger partial charge is 0.385 e. The number of aliphatic hydroxyl groups excluding tert-OH is 1. The molecule has 19 heavy (non-hydrogen) atoms. The number of thioether (sulfide) groups is 1. The lowest BCUT2D eigenvalue weighted by Crippen LogP contribution is -2.21. The molecular formula is C13H10F2O2S2. The van der Waals surface area contributed by atoms with Gasteiger partial charge in [-0.1, -0.05) is 12.1 Å². The molecule has 0 saturated heterocycles. The molecule has 0 saturated carbocycles. The Morgan fingerprint density at radius 1 is 1.32 bits per heavy atom. The van der Waals surface area contributed by atoms with Gasteiger partial charge >= 0.3 is 0 Å². The van der Waals surface area contributed by atoms with E-state index < -0.39 is 23.2 Å². The van der Waals surface area contributed by atoms with Crippen molar-refractivity contribution in [1.29, 1.82) is 0 Å². The first kappa shape index (κ1) is 14.2. The Morgan fingerprint density at radius 3 is 2.68 bits per heavy atom. The van der Waals surface area contributed by atoms with Crippen LogP contribution in [0.1, 0.15) is 11.7 Å². The van der Waals surface area contributed by atoms with Gasteiger partial charge in [-0.15, -0.1) is 0 Å². The molecule has 0 amide bonds. The second-order valence-electron chi connectivity index (χ2n) is 3.75.